The van der Waals surface area contributed by atoms with Crippen molar-refractivity contribution >= 4 is 0 Å². The van der Waals surface area contributed by atoms with Crippen LogP contribution >= 0.6 is 0 Å². The first-order chi connectivity index (χ1) is 22.8. The molecule has 1 atom stereocenters. The third-order valence-corrected chi connectivity index (χ3v) is 8.28. The maximum atomic E-state index is 6.20. The molecule has 0 saturated heterocycles. The highest BCUT2D eigenvalue weighted by Gasteiger charge is 2.10. The third kappa shape index (κ3) is 39.0. The number of unbranched alkanes of at least 4 members (excludes halogenated alkanes) is 18. The van der Waals surface area contributed by atoms with E-state index >= 15 is 0 Å². The molecule has 0 aliphatic carbocycles. The van der Waals surface area contributed by atoms with Gasteiger partial charge in [-0.1, -0.05) is 140 Å². The zero-order valence-corrected chi connectivity index (χ0v) is 31.0. The summed E-state index contributed by atoms with van der Waals surface area (Å²) in [5, 5.41) is 0. The Balaban J connectivity index is 3.71. The van der Waals surface area contributed by atoms with Gasteiger partial charge < -0.3 is 18.9 Å². The number of rotatable bonds is 38. The van der Waals surface area contributed by atoms with Crippen molar-refractivity contribution in [2.24, 2.45) is 0 Å². The van der Waals surface area contributed by atoms with Crippen molar-refractivity contribution in [3.63, 3.8) is 0 Å². The van der Waals surface area contributed by atoms with Crippen LogP contribution in [0.2, 0.25) is 0 Å². The van der Waals surface area contributed by atoms with Crippen LogP contribution in [0.15, 0.2) is 48.6 Å². The molecule has 0 aliphatic rings. The Kier molecular flexibility index (Phi) is 40.7. The lowest BCUT2D eigenvalue weighted by molar-refractivity contribution is -0.0642. The summed E-state index contributed by atoms with van der Waals surface area (Å²) in [5.74, 6) is 0. The van der Waals surface area contributed by atoms with Crippen LogP contribution in [0.3, 0.4) is 0 Å². The zero-order valence-electron chi connectivity index (χ0n) is 31.0. The van der Waals surface area contributed by atoms with Crippen molar-refractivity contribution in [3.8, 4) is 0 Å². The van der Waals surface area contributed by atoms with Gasteiger partial charge in [-0.25, -0.2) is 0 Å². The van der Waals surface area contributed by atoms with E-state index in [-0.39, 0.29) is 6.10 Å². The van der Waals surface area contributed by atoms with Crippen LogP contribution in [-0.2, 0) is 18.9 Å². The summed E-state index contributed by atoms with van der Waals surface area (Å²) in [7, 11) is 1.66. The van der Waals surface area contributed by atoms with E-state index in [9.17, 15) is 0 Å². The van der Waals surface area contributed by atoms with Crippen molar-refractivity contribution in [3.05, 3.63) is 48.6 Å². The fourth-order valence-corrected chi connectivity index (χ4v) is 5.32. The van der Waals surface area contributed by atoms with Crippen LogP contribution in [0, 0.1) is 0 Å². The van der Waals surface area contributed by atoms with Crippen LogP contribution in [0.4, 0.5) is 0 Å². The lowest BCUT2D eigenvalue weighted by Crippen LogP contribution is -2.23. The van der Waals surface area contributed by atoms with Gasteiger partial charge in [0.2, 0.25) is 0 Å². The van der Waals surface area contributed by atoms with Gasteiger partial charge >= 0.3 is 0 Å². The summed E-state index contributed by atoms with van der Waals surface area (Å²) in [6.07, 6.45) is 50.1. The molecule has 46 heavy (non-hydrogen) atoms. The summed E-state index contributed by atoms with van der Waals surface area (Å²) in [6.45, 7) is 7.83. The summed E-state index contributed by atoms with van der Waals surface area (Å²) in [4.78, 5) is 0. The van der Waals surface area contributed by atoms with Gasteiger partial charge in [0.05, 0.1) is 19.3 Å². The summed E-state index contributed by atoms with van der Waals surface area (Å²) in [6, 6.07) is 0. The quantitative estimate of drug-likeness (QED) is 0.0380. The molecular weight excluding hydrogens is 568 g/mol. The molecule has 0 aliphatic heterocycles. The molecule has 0 radical (unpaired) electrons. The normalized spacial score (nSPS) is 13.0. The van der Waals surface area contributed by atoms with Crippen LogP contribution in [0.5, 0.6) is 0 Å². The minimum absolute atomic E-state index is 0.111. The highest BCUT2D eigenvalue weighted by atomic mass is 16.7. The average Bonchev–Trinajstić information content (AvgIpc) is 3.07. The van der Waals surface area contributed by atoms with E-state index in [1.54, 1.807) is 7.11 Å². The molecule has 0 N–H and O–H groups in total. The monoisotopic (exact) mass is 647 g/mol. The van der Waals surface area contributed by atoms with Crippen LogP contribution in [0.1, 0.15) is 174 Å². The summed E-state index contributed by atoms with van der Waals surface area (Å²) < 4.78 is 22.8. The second-order valence-corrected chi connectivity index (χ2v) is 12.8. The molecule has 4 heteroatoms. The Labute approximate surface area is 287 Å². The first-order valence-electron chi connectivity index (χ1n) is 19.7. The van der Waals surface area contributed by atoms with Crippen molar-refractivity contribution in [2.45, 2.75) is 180 Å². The lowest BCUT2D eigenvalue weighted by Gasteiger charge is -2.18. The molecule has 1 unspecified atom stereocenters. The van der Waals surface area contributed by atoms with E-state index in [1.807, 2.05) is 0 Å². The van der Waals surface area contributed by atoms with Crippen LogP contribution in [-0.4, -0.2) is 46.4 Å². The molecule has 0 rings (SSSR count). The minimum Gasteiger partial charge on any atom is -0.379 e. The number of hydrogen-bond acceptors (Lipinski definition) is 4. The number of methoxy groups -OCH3 is 1. The first kappa shape index (κ1) is 44.8. The van der Waals surface area contributed by atoms with Crippen molar-refractivity contribution in [1.29, 1.82) is 0 Å². The standard InChI is InChI=1S/C42H78O4/c1-4-6-8-10-12-14-16-18-20-22-24-26-28-30-32-34-37-44-40-42(36-39-45-41-43-3)46-38-35-33-31-29-27-25-23-21-19-17-15-13-11-9-7-5-2/h12-15,18-21,42H,4-11,16-17,22-41H2,1-3H3. The molecule has 0 amide bonds. The second-order valence-electron chi connectivity index (χ2n) is 12.8. The van der Waals surface area contributed by atoms with Crippen LogP contribution in [0.25, 0.3) is 0 Å². The molecular formula is C42H78O4. The largest absolute Gasteiger partial charge is 0.379 e. The van der Waals surface area contributed by atoms with Gasteiger partial charge in [0.25, 0.3) is 0 Å². The average molecular weight is 647 g/mol. The van der Waals surface area contributed by atoms with Gasteiger partial charge in [0, 0.05) is 20.3 Å². The van der Waals surface area contributed by atoms with E-state index in [1.165, 1.54) is 128 Å². The van der Waals surface area contributed by atoms with E-state index in [0.29, 0.717) is 20.0 Å². The van der Waals surface area contributed by atoms with Crippen molar-refractivity contribution in [2.75, 3.05) is 40.3 Å². The number of hydrogen-bond donors (Lipinski definition) is 0. The Morgan fingerprint density at radius 3 is 1.35 bits per heavy atom. The topological polar surface area (TPSA) is 36.9 Å². The predicted molar refractivity (Wildman–Crippen MR) is 202 cm³/mol. The molecule has 4 nitrogen and oxygen atoms in total. The molecule has 0 fully saturated rings. The summed E-state index contributed by atoms with van der Waals surface area (Å²) in [5.41, 5.74) is 0. The van der Waals surface area contributed by atoms with Gasteiger partial charge in [-0.15, -0.1) is 0 Å². The highest BCUT2D eigenvalue weighted by Crippen LogP contribution is 2.11. The third-order valence-electron chi connectivity index (χ3n) is 8.28. The molecule has 0 aromatic carbocycles. The molecule has 0 bridgehead atoms. The van der Waals surface area contributed by atoms with Gasteiger partial charge in [-0.2, -0.15) is 0 Å². The molecule has 0 aromatic rings. The molecule has 0 heterocycles. The first-order valence-corrected chi connectivity index (χ1v) is 19.7. The Bertz CT molecular complexity index is 669. The zero-order chi connectivity index (χ0) is 33.3. The maximum absolute atomic E-state index is 6.20. The maximum Gasteiger partial charge on any atom is 0.146 e. The van der Waals surface area contributed by atoms with E-state index < -0.39 is 0 Å². The Morgan fingerprint density at radius 2 is 0.870 bits per heavy atom. The van der Waals surface area contributed by atoms with Gasteiger partial charge in [-0.3, -0.25) is 0 Å². The minimum atomic E-state index is 0.111. The van der Waals surface area contributed by atoms with E-state index in [0.717, 1.165) is 45.3 Å². The van der Waals surface area contributed by atoms with Crippen molar-refractivity contribution in [1.82, 2.24) is 0 Å². The van der Waals surface area contributed by atoms with Gasteiger partial charge in [0.15, 0.2) is 0 Å². The van der Waals surface area contributed by atoms with Crippen LogP contribution < -0.4 is 0 Å². The lowest BCUT2D eigenvalue weighted by atomic mass is 10.1. The fraction of sp³-hybridized carbons (Fsp3) is 0.810. The van der Waals surface area contributed by atoms with E-state index in [4.69, 9.17) is 18.9 Å². The smallest absolute Gasteiger partial charge is 0.146 e. The fourth-order valence-electron chi connectivity index (χ4n) is 5.32. The molecule has 270 valence electrons. The molecule has 0 saturated carbocycles. The Morgan fingerprint density at radius 1 is 0.435 bits per heavy atom. The SMILES string of the molecule is CCCCCC=CCC=CCCCCCCCCOCC(CCOCOC)OCCCCCCCCC=CCC=CCCCCC. The molecule has 0 aromatic heterocycles. The van der Waals surface area contributed by atoms with Crippen molar-refractivity contribution < 1.29 is 18.9 Å². The number of ether oxygens (including phenoxy) is 4. The van der Waals surface area contributed by atoms with E-state index in [2.05, 4.69) is 62.5 Å². The molecule has 0 spiro atoms. The number of allylic oxidation sites excluding steroid dienone is 8. The predicted octanol–water partition coefficient (Wildman–Crippen LogP) is 13.0. The van der Waals surface area contributed by atoms with Gasteiger partial charge in [0.1, 0.15) is 6.79 Å². The Hall–Kier alpha value is -1.20. The van der Waals surface area contributed by atoms with Gasteiger partial charge in [-0.05, 0) is 83.5 Å². The highest BCUT2D eigenvalue weighted by molar-refractivity contribution is 4.93. The second kappa shape index (κ2) is 41.8. The summed E-state index contributed by atoms with van der Waals surface area (Å²) >= 11 is 0.